The van der Waals surface area contributed by atoms with E-state index in [2.05, 4.69) is 0 Å². The first-order valence-electron chi connectivity index (χ1n) is 6.81. The highest BCUT2D eigenvalue weighted by atomic mass is 16.5. The second kappa shape index (κ2) is 6.99. The van der Waals surface area contributed by atoms with Crippen molar-refractivity contribution in [3.05, 3.63) is 54.1 Å². The third kappa shape index (κ3) is 3.89. The number of methoxy groups -OCH3 is 2. The lowest BCUT2D eigenvalue weighted by Gasteiger charge is -2.23. The largest absolute Gasteiger partial charge is 0.497 e. The van der Waals surface area contributed by atoms with E-state index >= 15 is 0 Å². The highest BCUT2D eigenvalue weighted by molar-refractivity contribution is 5.50. The van der Waals surface area contributed by atoms with Crippen LogP contribution in [-0.2, 0) is 0 Å². The molecule has 2 aromatic rings. The Balaban J connectivity index is 2.08. The average molecular weight is 287 g/mol. The van der Waals surface area contributed by atoms with Crippen LogP contribution >= 0.6 is 0 Å². The maximum atomic E-state index is 10.4. The molecule has 4 heteroatoms. The molecule has 0 bridgehead atoms. The fourth-order valence-electron chi connectivity index (χ4n) is 2.17. The first kappa shape index (κ1) is 15.2. The Morgan fingerprint density at radius 3 is 2.29 bits per heavy atom. The molecule has 0 spiro atoms. The summed E-state index contributed by atoms with van der Waals surface area (Å²) in [6, 6.07) is 15.2. The van der Waals surface area contributed by atoms with Crippen molar-refractivity contribution >= 4 is 5.69 Å². The lowest BCUT2D eigenvalue weighted by Crippen LogP contribution is -2.24. The van der Waals surface area contributed by atoms with Crippen LogP contribution in [0.15, 0.2) is 48.5 Å². The van der Waals surface area contributed by atoms with Crippen LogP contribution in [0.1, 0.15) is 11.7 Å². The smallest absolute Gasteiger partial charge is 0.120 e. The zero-order valence-electron chi connectivity index (χ0n) is 12.6. The molecule has 0 heterocycles. The Labute approximate surface area is 125 Å². The first-order chi connectivity index (χ1) is 10.1. The van der Waals surface area contributed by atoms with Gasteiger partial charge in [0.2, 0.25) is 0 Å². The summed E-state index contributed by atoms with van der Waals surface area (Å²) in [6.45, 7) is 0.486. The van der Waals surface area contributed by atoms with E-state index in [1.807, 2.05) is 60.5 Å². The molecule has 0 aliphatic rings. The fourth-order valence-corrected chi connectivity index (χ4v) is 2.17. The Bertz CT molecular complexity index is 534. The van der Waals surface area contributed by atoms with Crippen molar-refractivity contribution in [2.75, 3.05) is 32.7 Å². The number of aliphatic hydroxyl groups is 1. The van der Waals surface area contributed by atoms with Gasteiger partial charge >= 0.3 is 0 Å². The molecular formula is C17H21NO3. The van der Waals surface area contributed by atoms with Gasteiger partial charge in [-0.25, -0.2) is 0 Å². The number of nitrogens with zero attached hydrogens (tertiary/aromatic N) is 1. The van der Waals surface area contributed by atoms with Crippen molar-refractivity contribution in [1.29, 1.82) is 0 Å². The topological polar surface area (TPSA) is 41.9 Å². The summed E-state index contributed by atoms with van der Waals surface area (Å²) < 4.78 is 10.4. The summed E-state index contributed by atoms with van der Waals surface area (Å²) in [5.41, 5.74) is 1.83. The van der Waals surface area contributed by atoms with Gasteiger partial charge in [0, 0.05) is 25.3 Å². The zero-order chi connectivity index (χ0) is 15.2. The normalized spacial score (nSPS) is 11.8. The summed E-state index contributed by atoms with van der Waals surface area (Å²) in [5.74, 6) is 1.55. The van der Waals surface area contributed by atoms with Gasteiger partial charge in [-0.15, -0.1) is 0 Å². The average Bonchev–Trinajstić information content (AvgIpc) is 2.54. The summed E-state index contributed by atoms with van der Waals surface area (Å²) in [7, 11) is 5.20. The van der Waals surface area contributed by atoms with E-state index in [0.29, 0.717) is 6.54 Å². The predicted molar refractivity (Wildman–Crippen MR) is 84.2 cm³/mol. The van der Waals surface area contributed by atoms with Gasteiger partial charge in [0.05, 0.1) is 20.3 Å². The third-order valence-electron chi connectivity index (χ3n) is 3.42. The third-order valence-corrected chi connectivity index (χ3v) is 3.42. The summed E-state index contributed by atoms with van der Waals surface area (Å²) in [6.07, 6.45) is -0.587. The molecule has 112 valence electrons. The molecule has 0 saturated carbocycles. The fraction of sp³-hybridized carbons (Fsp3) is 0.294. The Morgan fingerprint density at radius 1 is 1.00 bits per heavy atom. The number of benzene rings is 2. The Kier molecular flexibility index (Phi) is 5.06. The molecule has 21 heavy (non-hydrogen) atoms. The molecule has 0 radical (unpaired) electrons. The molecule has 0 saturated heterocycles. The van der Waals surface area contributed by atoms with E-state index in [1.165, 1.54) is 0 Å². The predicted octanol–water partition coefficient (Wildman–Crippen LogP) is 2.87. The van der Waals surface area contributed by atoms with E-state index in [9.17, 15) is 5.11 Å². The van der Waals surface area contributed by atoms with Crippen LogP contribution in [0.3, 0.4) is 0 Å². The van der Waals surface area contributed by atoms with Gasteiger partial charge in [0.1, 0.15) is 11.5 Å². The van der Waals surface area contributed by atoms with E-state index in [0.717, 1.165) is 22.7 Å². The molecule has 2 aromatic carbocycles. The molecule has 4 nitrogen and oxygen atoms in total. The molecule has 0 amide bonds. The second-order valence-electron chi connectivity index (χ2n) is 4.87. The van der Waals surface area contributed by atoms with Crippen LogP contribution in [0.5, 0.6) is 11.5 Å². The summed E-state index contributed by atoms with van der Waals surface area (Å²) in [4.78, 5) is 1.99. The van der Waals surface area contributed by atoms with Crippen LogP contribution < -0.4 is 14.4 Å². The van der Waals surface area contributed by atoms with E-state index in [1.54, 1.807) is 14.2 Å². The molecule has 0 aromatic heterocycles. The Morgan fingerprint density at radius 2 is 1.62 bits per heavy atom. The van der Waals surface area contributed by atoms with Crippen molar-refractivity contribution in [2.24, 2.45) is 0 Å². The first-order valence-corrected chi connectivity index (χ1v) is 6.81. The van der Waals surface area contributed by atoms with E-state index < -0.39 is 6.10 Å². The molecule has 1 atom stereocenters. The van der Waals surface area contributed by atoms with Gasteiger partial charge in [-0.1, -0.05) is 18.2 Å². The molecular weight excluding hydrogens is 266 g/mol. The maximum absolute atomic E-state index is 10.4. The lowest BCUT2D eigenvalue weighted by atomic mass is 10.1. The minimum Gasteiger partial charge on any atom is -0.497 e. The van der Waals surface area contributed by atoms with Crippen molar-refractivity contribution < 1.29 is 14.6 Å². The van der Waals surface area contributed by atoms with Crippen LogP contribution in [0.4, 0.5) is 5.69 Å². The quantitative estimate of drug-likeness (QED) is 0.887. The summed E-state index contributed by atoms with van der Waals surface area (Å²) >= 11 is 0. The number of rotatable bonds is 6. The van der Waals surface area contributed by atoms with Crippen molar-refractivity contribution in [2.45, 2.75) is 6.10 Å². The van der Waals surface area contributed by atoms with Gasteiger partial charge < -0.3 is 19.5 Å². The maximum Gasteiger partial charge on any atom is 0.120 e. The molecule has 0 fully saturated rings. The number of aliphatic hydroxyl groups excluding tert-OH is 1. The number of hydrogen-bond acceptors (Lipinski definition) is 4. The van der Waals surface area contributed by atoms with Crippen LogP contribution in [0, 0.1) is 0 Å². The van der Waals surface area contributed by atoms with Crippen molar-refractivity contribution in [3.63, 3.8) is 0 Å². The zero-order valence-corrected chi connectivity index (χ0v) is 12.6. The van der Waals surface area contributed by atoms with Gasteiger partial charge in [-0.05, 0) is 29.8 Å². The van der Waals surface area contributed by atoms with Gasteiger partial charge in [0.15, 0.2) is 0 Å². The number of anilines is 1. The number of ether oxygens (including phenoxy) is 2. The molecule has 0 aliphatic carbocycles. The highest BCUT2D eigenvalue weighted by Crippen LogP contribution is 2.24. The van der Waals surface area contributed by atoms with Gasteiger partial charge in [0.25, 0.3) is 0 Å². The molecule has 1 N–H and O–H groups in total. The lowest BCUT2D eigenvalue weighted by molar-refractivity contribution is 0.184. The molecule has 0 aliphatic heterocycles. The second-order valence-corrected chi connectivity index (χ2v) is 4.87. The minimum atomic E-state index is -0.587. The van der Waals surface area contributed by atoms with Crippen LogP contribution in [0.2, 0.25) is 0 Å². The summed E-state index contributed by atoms with van der Waals surface area (Å²) in [5, 5.41) is 10.4. The monoisotopic (exact) mass is 287 g/mol. The molecule has 2 rings (SSSR count). The number of hydrogen-bond donors (Lipinski definition) is 1. The van der Waals surface area contributed by atoms with Gasteiger partial charge in [-0.2, -0.15) is 0 Å². The number of likely N-dealkylation sites (N-methyl/N-ethyl adjacent to an activating group) is 1. The molecule has 1 unspecified atom stereocenters. The SMILES string of the molecule is COc1cccc(C(O)CN(C)c2cccc(OC)c2)c1. The minimum absolute atomic E-state index is 0.486. The Hall–Kier alpha value is -2.20. The van der Waals surface area contributed by atoms with Crippen molar-refractivity contribution in [1.82, 2.24) is 0 Å². The van der Waals surface area contributed by atoms with Crippen molar-refractivity contribution in [3.8, 4) is 11.5 Å². The van der Waals surface area contributed by atoms with Crippen LogP contribution in [-0.4, -0.2) is 32.9 Å². The standard InChI is InChI=1S/C17H21NO3/c1-18(14-7-5-9-16(11-14)21-3)12-17(19)13-6-4-8-15(10-13)20-2/h4-11,17,19H,12H2,1-3H3. The highest BCUT2D eigenvalue weighted by Gasteiger charge is 2.12. The van der Waals surface area contributed by atoms with Gasteiger partial charge in [-0.3, -0.25) is 0 Å². The van der Waals surface area contributed by atoms with E-state index in [4.69, 9.17) is 9.47 Å². The van der Waals surface area contributed by atoms with Crippen LogP contribution in [0.25, 0.3) is 0 Å². The van der Waals surface area contributed by atoms with E-state index in [-0.39, 0.29) is 0 Å².